The quantitative estimate of drug-likeness (QED) is 0.314. The molecule has 4 aliphatic heterocycles. The molecule has 0 unspecified atom stereocenters. The zero-order valence-electron chi connectivity index (χ0n) is 33.4. The third-order valence-electron chi connectivity index (χ3n) is 11.2. The summed E-state index contributed by atoms with van der Waals surface area (Å²) in [5.41, 5.74) is -0.375. The highest BCUT2D eigenvalue weighted by molar-refractivity contribution is 6.30. The van der Waals surface area contributed by atoms with Gasteiger partial charge in [0.05, 0.1) is 5.69 Å². The van der Waals surface area contributed by atoms with Crippen LogP contribution in [-0.2, 0) is 39.9 Å². The number of amides is 7. The van der Waals surface area contributed by atoms with E-state index >= 15 is 0 Å². The molecule has 16 nitrogen and oxygen atoms in total. The Labute approximate surface area is 349 Å². The molecule has 4 fully saturated rings. The number of carbonyl (C=O) groups is 7. The number of hydrogen-bond donors (Lipinski definition) is 4. The Morgan fingerprint density at radius 2 is 1.58 bits per heavy atom. The van der Waals surface area contributed by atoms with E-state index < -0.39 is 108 Å². The van der Waals surface area contributed by atoms with E-state index in [2.05, 4.69) is 21.3 Å². The van der Waals surface area contributed by atoms with Crippen molar-refractivity contribution >= 4 is 58.8 Å². The lowest BCUT2D eigenvalue weighted by atomic mass is 9.97. The zero-order chi connectivity index (χ0) is 43.4. The van der Waals surface area contributed by atoms with Gasteiger partial charge in [0.15, 0.2) is 0 Å². The van der Waals surface area contributed by atoms with E-state index in [0.717, 1.165) is 18.2 Å². The molecular weight excluding hydrogens is 813 g/mol. The van der Waals surface area contributed by atoms with E-state index in [4.69, 9.17) is 16.3 Å². The first-order chi connectivity index (χ1) is 28.5. The lowest BCUT2D eigenvalue weighted by Crippen LogP contribution is -2.66. The first-order valence-corrected chi connectivity index (χ1v) is 20.2. The number of esters is 1. The topological polar surface area (TPSA) is 190 Å². The van der Waals surface area contributed by atoms with Gasteiger partial charge in [-0.05, 0) is 81.5 Å². The lowest BCUT2D eigenvalue weighted by Gasteiger charge is -2.44. The number of fused-ring (bicyclic) bond motifs is 3. The van der Waals surface area contributed by atoms with Gasteiger partial charge < -0.3 is 45.6 Å². The van der Waals surface area contributed by atoms with E-state index in [0.29, 0.717) is 25.5 Å². The molecule has 0 aliphatic carbocycles. The Bertz CT molecular complexity index is 2010. The summed E-state index contributed by atoms with van der Waals surface area (Å²) >= 11 is 5.83. The number of anilines is 1. The summed E-state index contributed by atoms with van der Waals surface area (Å²) in [6.45, 7) is 3.52. The number of halogens is 4. The van der Waals surface area contributed by atoms with Crippen molar-refractivity contribution < 1.29 is 51.5 Å². The largest absolute Gasteiger partial charge is 0.461 e. The van der Waals surface area contributed by atoms with E-state index in [-0.39, 0.29) is 61.2 Å². The first-order valence-electron chi connectivity index (χ1n) is 19.8. The Kier molecular flexibility index (Phi) is 13.9. The number of piperazine rings is 1. The molecule has 0 aromatic heterocycles. The van der Waals surface area contributed by atoms with Crippen molar-refractivity contribution in [3.8, 4) is 0 Å². The third-order valence-corrected chi connectivity index (χ3v) is 11.4. The fourth-order valence-corrected chi connectivity index (χ4v) is 8.33. The van der Waals surface area contributed by atoms with Crippen molar-refractivity contribution in [1.29, 1.82) is 0 Å². The molecule has 2 aromatic rings. The maximum Gasteiger partial charge on any atom is 0.328 e. The minimum absolute atomic E-state index is 0.0475. The first kappa shape index (κ1) is 44.1. The minimum atomic E-state index is -1.68. The predicted octanol–water partition coefficient (Wildman–Crippen LogP) is 1.80. The van der Waals surface area contributed by atoms with Gasteiger partial charge in [0.2, 0.25) is 29.5 Å². The summed E-state index contributed by atoms with van der Waals surface area (Å²) in [5, 5.41) is 9.93. The van der Waals surface area contributed by atoms with Gasteiger partial charge in [-0.25, -0.2) is 22.8 Å². The highest BCUT2D eigenvalue weighted by atomic mass is 35.5. The summed E-state index contributed by atoms with van der Waals surface area (Å²) in [4.78, 5) is 104. The summed E-state index contributed by atoms with van der Waals surface area (Å²) in [6, 6.07) is -2.80. The number of carbonyl (C=O) groups excluding carboxylic acids is 7. The van der Waals surface area contributed by atoms with Crippen LogP contribution in [0.3, 0.4) is 0 Å². The van der Waals surface area contributed by atoms with Crippen molar-refractivity contribution in [3.63, 3.8) is 0 Å². The van der Waals surface area contributed by atoms with Gasteiger partial charge in [-0.1, -0.05) is 18.5 Å². The van der Waals surface area contributed by atoms with Gasteiger partial charge in [0.1, 0.15) is 60.3 Å². The van der Waals surface area contributed by atoms with Crippen LogP contribution in [0.2, 0.25) is 5.02 Å². The maximum absolute atomic E-state index is 14.7. The van der Waals surface area contributed by atoms with Gasteiger partial charge in [0.25, 0.3) is 0 Å². The predicted molar refractivity (Wildman–Crippen MR) is 210 cm³/mol. The summed E-state index contributed by atoms with van der Waals surface area (Å²) in [7, 11) is 1.79. The van der Waals surface area contributed by atoms with Crippen LogP contribution in [-0.4, -0.2) is 144 Å². The molecule has 4 aliphatic rings. The Morgan fingerprint density at radius 3 is 2.30 bits per heavy atom. The Hall–Kier alpha value is -5.43. The highest BCUT2D eigenvalue weighted by Gasteiger charge is 2.46. The Balaban J connectivity index is 1.34. The number of piperidine rings is 1. The summed E-state index contributed by atoms with van der Waals surface area (Å²) in [6.07, 6.45) is 0.933. The molecule has 0 spiro atoms. The smallest absolute Gasteiger partial charge is 0.328 e. The van der Waals surface area contributed by atoms with E-state index in [1.807, 2.05) is 11.8 Å². The lowest BCUT2D eigenvalue weighted by molar-refractivity contribution is -0.160. The van der Waals surface area contributed by atoms with Crippen LogP contribution in [0.1, 0.15) is 45.1 Å². The van der Waals surface area contributed by atoms with Crippen molar-refractivity contribution in [2.75, 3.05) is 51.7 Å². The van der Waals surface area contributed by atoms with Crippen molar-refractivity contribution in [2.24, 2.45) is 5.92 Å². The zero-order valence-corrected chi connectivity index (χ0v) is 34.1. The van der Waals surface area contributed by atoms with Gasteiger partial charge in [-0.2, -0.15) is 0 Å². The average Bonchev–Trinajstić information content (AvgIpc) is 3.59. The molecule has 2 aromatic carbocycles. The number of nitrogens with zero attached hydrogens (tertiary/aromatic N) is 4. The maximum atomic E-state index is 14.7. The van der Waals surface area contributed by atoms with Crippen LogP contribution in [0.4, 0.5) is 23.7 Å². The SMILES string of the molecule is C[C@@H]1C[C@H]2C(=O)OC[C@H](NC(=O)[C@H](Cc3cc(F)cc(F)c3)NC(=O)Nc3ccc(Cl)cc3F)C(=O)N3CCCC[C@H]3C(=O)N3CCN(C)C[C@H]3C(=O)N[C@@H](C)C(=O)N2C1. The molecule has 7 atom stereocenters. The molecule has 60 heavy (non-hydrogen) atoms. The van der Waals surface area contributed by atoms with Crippen LogP contribution in [0.25, 0.3) is 0 Å². The molecule has 4 saturated heterocycles. The fraction of sp³-hybridized carbons (Fsp3) is 0.525. The monoisotopic (exact) mass is 860 g/mol. The molecule has 20 heteroatoms. The van der Waals surface area contributed by atoms with Gasteiger partial charge in [-0.3, -0.25) is 24.0 Å². The number of urea groups is 1. The van der Waals surface area contributed by atoms with E-state index in [9.17, 15) is 46.7 Å². The van der Waals surface area contributed by atoms with Crippen LogP contribution in [0.5, 0.6) is 0 Å². The van der Waals surface area contributed by atoms with Crippen LogP contribution in [0, 0.1) is 23.4 Å². The highest BCUT2D eigenvalue weighted by Crippen LogP contribution is 2.27. The standard InChI is InChI=1S/C40H48ClF3N8O8/c1-21-12-32-39(58)60-20-30(46-34(53)29(15-23-13-25(42)17-26(43)14-23)48-40(59)47-28-8-7-24(41)16-27(28)44)37(56)50-9-5-4-6-31(50)38(57)51-11-10-49(3)19-33(51)35(54)45-22(2)36(55)52(32)18-21/h7-8,13-14,16-17,21-22,29-33H,4-6,9-12,15,18-20H2,1-3H3,(H,45,54)(H,46,53)(H2,47,48,59)/t21-,22+,29+,30+,31+,32+,33+/m1/s1. The number of ether oxygens (including phenoxy) is 1. The molecule has 0 radical (unpaired) electrons. The molecule has 4 heterocycles. The van der Waals surface area contributed by atoms with Crippen LogP contribution in [0.15, 0.2) is 36.4 Å². The van der Waals surface area contributed by atoms with Crippen LogP contribution < -0.4 is 21.3 Å². The van der Waals surface area contributed by atoms with Gasteiger partial charge in [0, 0.05) is 50.2 Å². The van der Waals surface area contributed by atoms with Crippen molar-refractivity contribution in [3.05, 3.63) is 64.4 Å². The molecule has 4 N–H and O–H groups in total. The molecule has 0 saturated carbocycles. The normalized spacial score (nSPS) is 26.3. The van der Waals surface area contributed by atoms with Crippen molar-refractivity contribution in [2.45, 2.75) is 82.2 Å². The number of hydrogen-bond acceptors (Lipinski definition) is 9. The molecule has 6 rings (SSSR count). The van der Waals surface area contributed by atoms with Gasteiger partial charge in [-0.15, -0.1) is 0 Å². The summed E-state index contributed by atoms with van der Waals surface area (Å²) in [5.74, 6) is -7.40. The van der Waals surface area contributed by atoms with Crippen LogP contribution >= 0.6 is 11.6 Å². The number of cyclic esters (lactones) is 1. The minimum Gasteiger partial charge on any atom is -0.461 e. The van der Waals surface area contributed by atoms with E-state index in [1.165, 1.54) is 33.8 Å². The summed E-state index contributed by atoms with van der Waals surface area (Å²) < 4.78 is 48.9. The Morgan fingerprint density at radius 1 is 0.867 bits per heavy atom. The average molecular weight is 861 g/mol. The second-order valence-electron chi connectivity index (χ2n) is 15.9. The molecule has 0 bridgehead atoms. The second-order valence-corrected chi connectivity index (χ2v) is 16.3. The molecule has 7 amide bonds. The molecular formula is C40H48ClF3N8O8. The number of rotatable bonds is 6. The molecule has 324 valence electrons. The van der Waals surface area contributed by atoms with Gasteiger partial charge >= 0.3 is 12.0 Å². The van der Waals surface area contributed by atoms with Crippen molar-refractivity contribution in [1.82, 2.24) is 35.6 Å². The number of nitrogens with one attached hydrogen (secondary N) is 4. The van der Waals surface area contributed by atoms with E-state index in [1.54, 1.807) is 7.05 Å². The second kappa shape index (κ2) is 18.9. The third kappa shape index (κ3) is 10.3. The fourth-order valence-electron chi connectivity index (χ4n) is 8.17. The number of benzene rings is 2. The number of likely N-dealkylation sites (N-methyl/N-ethyl adjacent to an activating group) is 1.